The zero-order valence-corrected chi connectivity index (χ0v) is 9.35. The number of rotatable bonds is 3. The molecule has 0 spiro atoms. The number of carboxylic acid groups (broad SMARTS) is 1. The van der Waals surface area contributed by atoms with Crippen molar-refractivity contribution >= 4 is 11.5 Å². The summed E-state index contributed by atoms with van der Waals surface area (Å²) in [5.74, 6) is -1.58. The predicted molar refractivity (Wildman–Crippen MR) is 57.5 cm³/mol. The molecule has 0 amide bonds. The van der Waals surface area contributed by atoms with Crippen LogP contribution in [0, 0.1) is 5.82 Å². The minimum atomic E-state index is -1.11. The van der Waals surface area contributed by atoms with Gasteiger partial charge in [-0.2, -0.15) is 5.10 Å². The molecule has 0 bridgehead atoms. The molecule has 2 rings (SSSR count). The Balaban J connectivity index is 2.78. The van der Waals surface area contributed by atoms with Crippen molar-refractivity contribution < 1.29 is 19.0 Å². The van der Waals surface area contributed by atoms with Crippen LogP contribution in [0.25, 0.3) is 5.52 Å². The predicted octanol–water partition coefficient (Wildman–Crippen LogP) is 1.88. The lowest BCUT2D eigenvalue weighted by Crippen LogP contribution is -2.10. The Morgan fingerprint density at radius 2 is 2.35 bits per heavy atom. The highest BCUT2D eigenvalue weighted by Crippen LogP contribution is 2.26. The molecule has 0 saturated heterocycles. The van der Waals surface area contributed by atoms with Crippen molar-refractivity contribution in [1.29, 1.82) is 0 Å². The molecule has 5 nitrogen and oxygen atoms in total. The Morgan fingerprint density at radius 1 is 1.65 bits per heavy atom. The molecule has 0 fully saturated rings. The lowest BCUT2D eigenvalue weighted by Gasteiger charge is -2.14. The van der Waals surface area contributed by atoms with Crippen LogP contribution in [0.2, 0.25) is 0 Å². The number of aromatic nitrogens is 2. The number of carboxylic acids is 1. The Labute approximate surface area is 96.4 Å². The van der Waals surface area contributed by atoms with E-state index in [2.05, 4.69) is 5.10 Å². The molecule has 0 radical (unpaired) electrons. The Kier molecular flexibility index (Phi) is 2.81. The van der Waals surface area contributed by atoms with Gasteiger partial charge in [-0.05, 0) is 6.92 Å². The highest BCUT2D eigenvalue weighted by atomic mass is 19.1. The SMILES string of the molecule is CO[C@@H](C)c1c(C(=O)O)cnn2cc(F)cc12. The summed E-state index contributed by atoms with van der Waals surface area (Å²) in [6.07, 6.45) is 1.92. The van der Waals surface area contributed by atoms with E-state index in [1.54, 1.807) is 6.92 Å². The molecule has 2 heterocycles. The van der Waals surface area contributed by atoms with Crippen molar-refractivity contribution in [3.05, 3.63) is 35.4 Å². The van der Waals surface area contributed by atoms with Crippen LogP contribution in [0.1, 0.15) is 28.9 Å². The molecule has 2 aromatic rings. The zero-order valence-electron chi connectivity index (χ0n) is 9.35. The second kappa shape index (κ2) is 4.14. The number of hydrogen-bond donors (Lipinski definition) is 1. The van der Waals surface area contributed by atoms with Gasteiger partial charge < -0.3 is 9.84 Å². The summed E-state index contributed by atoms with van der Waals surface area (Å²) in [5.41, 5.74) is 0.834. The van der Waals surface area contributed by atoms with Gasteiger partial charge >= 0.3 is 5.97 Å². The summed E-state index contributed by atoms with van der Waals surface area (Å²) < 4.78 is 19.6. The van der Waals surface area contributed by atoms with Crippen LogP contribution in [-0.4, -0.2) is 27.8 Å². The van der Waals surface area contributed by atoms with Gasteiger partial charge in [-0.15, -0.1) is 0 Å². The van der Waals surface area contributed by atoms with Crippen molar-refractivity contribution in [3.63, 3.8) is 0 Å². The molecule has 1 N–H and O–H groups in total. The molecular weight excluding hydrogens is 227 g/mol. The number of hydrogen-bond acceptors (Lipinski definition) is 3. The third-order valence-electron chi connectivity index (χ3n) is 2.63. The Bertz CT molecular complexity index is 579. The van der Waals surface area contributed by atoms with Gasteiger partial charge in [-0.1, -0.05) is 0 Å². The number of fused-ring (bicyclic) bond motifs is 1. The minimum absolute atomic E-state index is 0.0185. The fourth-order valence-corrected chi connectivity index (χ4v) is 1.76. The average Bonchev–Trinajstić information content (AvgIpc) is 2.66. The maximum absolute atomic E-state index is 13.2. The van der Waals surface area contributed by atoms with Gasteiger partial charge in [0.05, 0.1) is 29.6 Å². The molecular formula is C11H11FN2O3. The largest absolute Gasteiger partial charge is 0.478 e. The minimum Gasteiger partial charge on any atom is -0.478 e. The fraction of sp³-hybridized carbons (Fsp3) is 0.273. The number of ether oxygens (including phenoxy) is 1. The summed E-state index contributed by atoms with van der Waals surface area (Å²) in [6, 6.07) is 1.24. The maximum Gasteiger partial charge on any atom is 0.337 e. The number of methoxy groups -OCH3 is 1. The maximum atomic E-state index is 13.2. The number of halogens is 1. The van der Waals surface area contributed by atoms with E-state index in [1.807, 2.05) is 0 Å². The first-order valence-corrected chi connectivity index (χ1v) is 4.97. The van der Waals surface area contributed by atoms with Crippen molar-refractivity contribution in [1.82, 2.24) is 9.61 Å². The van der Waals surface area contributed by atoms with E-state index in [-0.39, 0.29) is 5.56 Å². The number of carbonyl (C=O) groups is 1. The fourth-order valence-electron chi connectivity index (χ4n) is 1.76. The van der Waals surface area contributed by atoms with E-state index < -0.39 is 17.9 Å². The molecule has 90 valence electrons. The zero-order chi connectivity index (χ0) is 12.6. The van der Waals surface area contributed by atoms with E-state index in [9.17, 15) is 9.18 Å². The van der Waals surface area contributed by atoms with Gasteiger partial charge in [0.1, 0.15) is 5.82 Å². The van der Waals surface area contributed by atoms with Gasteiger partial charge in [0.15, 0.2) is 0 Å². The lowest BCUT2D eigenvalue weighted by molar-refractivity contribution is 0.0683. The van der Waals surface area contributed by atoms with E-state index >= 15 is 0 Å². The molecule has 0 saturated carbocycles. The van der Waals surface area contributed by atoms with E-state index in [0.29, 0.717) is 11.1 Å². The highest BCUT2D eigenvalue weighted by molar-refractivity contribution is 5.91. The van der Waals surface area contributed by atoms with E-state index in [1.165, 1.54) is 30.1 Å². The van der Waals surface area contributed by atoms with Crippen molar-refractivity contribution in [2.24, 2.45) is 0 Å². The van der Waals surface area contributed by atoms with Crippen LogP contribution in [0.15, 0.2) is 18.5 Å². The number of aromatic carboxylic acids is 1. The topological polar surface area (TPSA) is 63.8 Å². The highest BCUT2D eigenvalue weighted by Gasteiger charge is 2.20. The van der Waals surface area contributed by atoms with Crippen LogP contribution in [-0.2, 0) is 4.74 Å². The van der Waals surface area contributed by atoms with Gasteiger partial charge in [0.2, 0.25) is 0 Å². The molecule has 0 aliphatic heterocycles. The second-order valence-electron chi connectivity index (χ2n) is 3.64. The van der Waals surface area contributed by atoms with Crippen molar-refractivity contribution in [2.75, 3.05) is 7.11 Å². The quantitative estimate of drug-likeness (QED) is 0.886. The molecule has 1 atom stereocenters. The van der Waals surface area contributed by atoms with Crippen LogP contribution >= 0.6 is 0 Å². The summed E-state index contributed by atoms with van der Waals surface area (Å²) in [7, 11) is 1.46. The smallest absolute Gasteiger partial charge is 0.337 e. The molecule has 0 aromatic carbocycles. The molecule has 17 heavy (non-hydrogen) atoms. The van der Waals surface area contributed by atoms with E-state index in [4.69, 9.17) is 9.84 Å². The van der Waals surface area contributed by atoms with Gasteiger partial charge in [0, 0.05) is 18.7 Å². The summed E-state index contributed by atoms with van der Waals surface area (Å²) in [6.45, 7) is 1.70. The lowest BCUT2D eigenvalue weighted by atomic mass is 10.1. The molecule has 0 aliphatic carbocycles. The first-order valence-electron chi connectivity index (χ1n) is 4.97. The Hall–Kier alpha value is -1.95. The molecule has 0 unspecified atom stereocenters. The van der Waals surface area contributed by atoms with Gasteiger partial charge in [-0.25, -0.2) is 13.7 Å². The van der Waals surface area contributed by atoms with E-state index in [0.717, 1.165) is 0 Å². The number of nitrogens with zero attached hydrogens (tertiary/aromatic N) is 2. The molecule has 0 aliphatic rings. The van der Waals surface area contributed by atoms with Gasteiger partial charge in [-0.3, -0.25) is 0 Å². The first-order chi connectivity index (χ1) is 8.04. The third-order valence-corrected chi connectivity index (χ3v) is 2.63. The van der Waals surface area contributed by atoms with Crippen LogP contribution < -0.4 is 0 Å². The summed E-state index contributed by atoms with van der Waals surface area (Å²) in [4.78, 5) is 11.1. The van der Waals surface area contributed by atoms with Crippen LogP contribution in [0.4, 0.5) is 4.39 Å². The summed E-state index contributed by atoms with van der Waals surface area (Å²) in [5, 5.41) is 12.9. The van der Waals surface area contributed by atoms with Crippen LogP contribution in [0.5, 0.6) is 0 Å². The van der Waals surface area contributed by atoms with Crippen LogP contribution in [0.3, 0.4) is 0 Å². The first kappa shape index (κ1) is 11.5. The van der Waals surface area contributed by atoms with Gasteiger partial charge in [0.25, 0.3) is 0 Å². The molecule has 6 heteroatoms. The second-order valence-corrected chi connectivity index (χ2v) is 3.64. The Morgan fingerprint density at radius 3 is 2.94 bits per heavy atom. The standard InChI is InChI=1S/C11H11FN2O3/c1-6(17-2)10-8(11(15)16)4-13-14-5-7(12)3-9(10)14/h3-6H,1-2H3,(H,15,16)/t6-/m0/s1. The monoisotopic (exact) mass is 238 g/mol. The van der Waals surface area contributed by atoms with Crippen molar-refractivity contribution in [2.45, 2.75) is 13.0 Å². The third kappa shape index (κ3) is 1.87. The molecule has 2 aromatic heterocycles. The van der Waals surface area contributed by atoms with Crippen molar-refractivity contribution in [3.8, 4) is 0 Å². The normalized spacial score (nSPS) is 12.9. The summed E-state index contributed by atoms with van der Waals surface area (Å²) >= 11 is 0. The average molecular weight is 238 g/mol.